The molecule has 0 radical (unpaired) electrons. The van der Waals surface area contributed by atoms with Gasteiger partial charge in [0.1, 0.15) is 12.1 Å². The Kier molecular flexibility index (Phi) is 3.33. The van der Waals surface area contributed by atoms with Crippen LogP contribution in [0.3, 0.4) is 0 Å². The van der Waals surface area contributed by atoms with E-state index in [4.69, 9.17) is 0 Å². The summed E-state index contributed by atoms with van der Waals surface area (Å²) in [5.74, 6) is 0.527. The van der Waals surface area contributed by atoms with Gasteiger partial charge in [0.05, 0.1) is 12.1 Å². The fourth-order valence-electron chi connectivity index (χ4n) is 3.10. The molecule has 4 nitrogen and oxygen atoms in total. The highest BCUT2D eigenvalue weighted by atomic mass is 19.1. The van der Waals surface area contributed by atoms with Crippen LogP contribution in [-0.2, 0) is 0 Å². The molecule has 0 spiro atoms. The minimum Gasteiger partial charge on any atom is -0.348 e. The Morgan fingerprint density at radius 1 is 1.04 bits per heavy atom. The minimum atomic E-state index is -0.220. The van der Waals surface area contributed by atoms with Gasteiger partial charge in [-0.2, -0.15) is 10.1 Å². The molecule has 1 aliphatic heterocycles. The van der Waals surface area contributed by atoms with E-state index in [2.05, 4.69) is 46.6 Å². The molecule has 2 atom stereocenters. The second kappa shape index (κ2) is 5.50. The van der Waals surface area contributed by atoms with E-state index < -0.39 is 0 Å². The number of nitrogens with zero attached hydrogens (tertiary/aromatic N) is 3. The first-order valence-electron chi connectivity index (χ1n) is 7.69. The Morgan fingerprint density at radius 3 is 2.48 bits per heavy atom. The number of rotatable bonds is 2. The number of anilines is 1. The lowest BCUT2D eigenvalue weighted by Gasteiger charge is -2.31. The number of aromatic nitrogens is 3. The van der Waals surface area contributed by atoms with Crippen LogP contribution in [0.4, 0.5) is 10.3 Å². The highest BCUT2D eigenvalue weighted by Gasteiger charge is 2.29. The first kappa shape index (κ1) is 13.9. The fraction of sp³-hybridized carbons (Fsp3) is 0.222. The van der Waals surface area contributed by atoms with E-state index in [0.717, 1.165) is 17.9 Å². The van der Waals surface area contributed by atoms with Crippen molar-refractivity contribution in [2.45, 2.75) is 25.4 Å². The Hall–Kier alpha value is -2.69. The molecule has 4 rings (SSSR count). The van der Waals surface area contributed by atoms with Gasteiger partial charge in [-0.1, -0.05) is 42.0 Å². The number of hydrogen-bond acceptors (Lipinski definition) is 3. The van der Waals surface area contributed by atoms with Crippen molar-refractivity contribution in [2.75, 3.05) is 5.32 Å². The highest BCUT2D eigenvalue weighted by Crippen LogP contribution is 2.37. The SMILES string of the molecule is Cc1ccc([C@@H]2C[C@H](c3ccc(F)cc3)Nc3ncnn32)cc1. The summed E-state index contributed by atoms with van der Waals surface area (Å²) in [6.07, 6.45) is 2.40. The van der Waals surface area contributed by atoms with Crippen molar-refractivity contribution >= 4 is 5.95 Å². The van der Waals surface area contributed by atoms with Crippen LogP contribution in [0.2, 0.25) is 0 Å². The number of nitrogens with one attached hydrogen (secondary N) is 1. The van der Waals surface area contributed by atoms with Crippen LogP contribution in [0.15, 0.2) is 54.9 Å². The molecule has 1 aromatic heterocycles. The molecule has 3 aromatic rings. The molecule has 23 heavy (non-hydrogen) atoms. The van der Waals surface area contributed by atoms with Crippen molar-refractivity contribution in [3.63, 3.8) is 0 Å². The Labute approximate surface area is 134 Å². The quantitative estimate of drug-likeness (QED) is 0.781. The molecule has 2 heterocycles. The third kappa shape index (κ3) is 2.59. The zero-order valence-electron chi connectivity index (χ0n) is 12.8. The summed E-state index contributed by atoms with van der Waals surface area (Å²) in [6, 6.07) is 15.3. The van der Waals surface area contributed by atoms with Crippen molar-refractivity contribution in [3.8, 4) is 0 Å². The van der Waals surface area contributed by atoms with Crippen LogP contribution in [0.5, 0.6) is 0 Å². The monoisotopic (exact) mass is 308 g/mol. The fourth-order valence-corrected chi connectivity index (χ4v) is 3.10. The second-order valence-corrected chi connectivity index (χ2v) is 5.94. The van der Waals surface area contributed by atoms with Gasteiger partial charge in [-0.15, -0.1) is 0 Å². The first-order valence-corrected chi connectivity index (χ1v) is 7.69. The van der Waals surface area contributed by atoms with Crippen LogP contribution in [-0.4, -0.2) is 14.8 Å². The van der Waals surface area contributed by atoms with Gasteiger partial charge in [-0.05, 0) is 36.6 Å². The van der Waals surface area contributed by atoms with Gasteiger partial charge in [0, 0.05) is 0 Å². The van der Waals surface area contributed by atoms with Crippen molar-refractivity contribution < 1.29 is 4.39 Å². The average molecular weight is 308 g/mol. The maximum Gasteiger partial charge on any atom is 0.222 e. The van der Waals surface area contributed by atoms with Crippen LogP contribution < -0.4 is 5.32 Å². The zero-order chi connectivity index (χ0) is 15.8. The molecule has 0 unspecified atom stereocenters. The number of fused-ring (bicyclic) bond motifs is 1. The summed E-state index contributed by atoms with van der Waals surface area (Å²) in [6.45, 7) is 2.08. The molecule has 0 bridgehead atoms. The molecular formula is C18H17FN4. The first-order chi connectivity index (χ1) is 11.2. The van der Waals surface area contributed by atoms with Gasteiger partial charge in [-0.3, -0.25) is 0 Å². The summed E-state index contributed by atoms with van der Waals surface area (Å²) in [5, 5.41) is 7.75. The Balaban J connectivity index is 1.71. The summed E-state index contributed by atoms with van der Waals surface area (Å²) in [4.78, 5) is 4.31. The zero-order valence-corrected chi connectivity index (χ0v) is 12.8. The van der Waals surface area contributed by atoms with Gasteiger partial charge in [0.2, 0.25) is 5.95 Å². The molecule has 116 valence electrons. The molecule has 1 N–H and O–H groups in total. The molecule has 0 amide bonds. The van der Waals surface area contributed by atoms with Crippen LogP contribution in [0.25, 0.3) is 0 Å². The maximum atomic E-state index is 13.2. The second-order valence-electron chi connectivity index (χ2n) is 5.94. The largest absolute Gasteiger partial charge is 0.348 e. The van der Waals surface area contributed by atoms with Gasteiger partial charge >= 0.3 is 0 Å². The molecule has 2 aromatic carbocycles. The summed E-state index contributed by atoms with van der Waals surface area (Å²) in [7, 11) is 0. The predicted octanol–water partition coefficient (Wildman–Crippen LogP) is 3.87. The number of benzene rings is 2. The summed E-state index contributed by atoms with van der Waals surface area (Å²) >= 11 is 0. The van der Waals surface area contributed by atoms with E-state index >= 15 is 0 Å². The van der Waals surface area contributed by atoms with Crippen molar-refractivity contribution in [1.82, 2.24) is 14.8 Å². The van der Waals surface area contributed by atoms with E-state index in [1.165, 1.54) is 23.3 Å². The minimum absolute atomic E-state index is 0.0820. The standard InChI is InChI=1S/C18H17FN4/c1-12-2-4-14(5-3-12)17-10-16(13-6-8-15(19)9-7-13)22-18-20-11-21-23(17)18/h2-9,11,16-17H,10H2,1H3,(H,20,21,22)/t16-,17+/m1/s1. The highest BCUT2D eigenvalue weighted by molar-refractivity contribution is 5.38. The van der Waals surface area contributed by atoms with Crippen LogP contribution in [0.1, 0.15) is 35.2 Å². The molecular weight excluding hydrogens is 291 g/mol. The van der Waals surface area contributed by atoms with Crippen molar-refractivity contribution in [3.05, 3.63) is 77.4 Å². The van der Waals surface area contributed by atoms with Crippen molar-refractivity contribution in [1.29, 1.82) is 0 Å². The van der Waals surface area contributed by atoms with Gasteiger partial charge < -0.3 is 5.32 Å². The molecule has 5 heteroatoms. The molecule has 0 aliphatic carbocycles. The molecule has 0 fully saturated rings. The Morgan fingerprint density at radius 2 is 1.74 bits per heavy atom. The van der Waals surface area contributed by atoms with E-state index in [1.54, 1.807) is 6.33 Å². The van der Waals surface area contributed by atoms with Crippen molar-refractivity contribution in [2.24, 2.45) is 0 Å². The lowest BCUT2D eigenvalue weighted by atomic mass is 9.93. The molecule has 0 saturated carbocycles. The van der Waals surface area contributed by atoms with Gasteiger partial charge in [0.25, 0.3) is 0 Å². The predicted molar refractivity (Wildman–Crippen MR) is 86.7 cm³/mol. The van der Waals surface area contributed by atoms with Gasteiger partial charge in [0.15, 0.2) is 0 Å². The topological polar surface area (TPSA) is 42.7 Å². The van der Waals surface area contributed by atoms with E-state index in [0.29, 0.717) is 0 Å². The number of aryl methyl sites for hydroxylation is 1. The maximum absolute atomic E-state index is 13.2. The number of halogens is 1. The summed E-state index contributed by atoms with van der Waals surface area (Å²) < 4.78 is 15.1. The molecule has 0 saturated heterocycles. The van der Waals surface area contributed by atoms with E-state index in [1.807, 2.05) is 16.8 Å². The van der Waals surface area contributed by atoms with E-state index in [9.17, 15) is 4.39 Å². The average Bonchev–Trinajstić information content (AvgIpc) is 3.04. The smallest absolute Gasteiger partial charge is 0.222 e. The lowest BCUT2D eigenvalue weighted by Crippen LogP contribution is -2.28. The third-order valence-corrected chi connectivity index (χ3v) is 4.37. The van der Waals surface area contributed by atoms with Crippen LogP contribution >= 0.6 is 0 Å². The van der Waals surface area contributed by atoms with Gasteiger partial charge in [-0.25, -0.2) is 9.07 Å². The van der Waals surface area contributed by atoms with E-state index in [-0.39, 0.29) is 17.9 Å². The van der Waals surface area contributed by atoms with Crippen LogP contribution in [0, 0.1) is 12.7 Å². The lowest BCUT2D eigenvalue weighted by molar-refractivity contribution is 0.430. The number of hydrogen-bond donors (Lipinski definition) is 1. The Bertz CT molecular complexity index is 808. The third-order valence-electron chi connectivity index (χ3n) is 4.37. The summed E-state index contributed by atoms with van der Waals surface area (Å²) in [5.41, 5.74) is 3.49. The normalized spacial score (nSPS) is 19.9. The molecule has 1 aliphatic rings.